The van der Waals surface area contributed by atoms with Crippen LogP contribution in [0.25, 0.3) is 0 Å². The molecule has 0 radical (unpaired) electrons. The van der Waals surface area contributed by atoms with Gasteiger partial charge < -0.3 is 11.1 Å². The number of hydrogen-bond donors (Lipinski definition) is 4. The fourth-order valence-corrected chi connectivity index (χ4v) is 3.92. The Morgan fingerprint density at radius 3 is 2.34 bits per heavy atom. The van der Waals surface area contributed by atoms with Gasteiger partial charge >= 0.3 is 0 Å². The SMILES string of the molecule is Cc1csc(N/C(N)=C(/Cc2ccc(S(N)(=O)=O)cc2)C(=N)c2ccccc2)n1. The average molecular weight is 428 g/mol. The summed E-state index contributed by atoms with van der Waals surface area (Å²) in [6.07, 6.45) is 0.335. The molecule has 0 bridgehead atoms. The third kappa shape index (κ3) is 5.29. The normalized spacial score (nSPS) is 12.3. The van der Waals surface area contributed by atoms with E-state index in [0.29, 0.717) is 22.9 Å². The molecule has 0 amide bonds. The standard InChI is InChI=1S/C20H21N5O2S2/c1-13-12-28-20(24-13)25-19(22)17(18(21)15-5-3-2-4-6-15)11-14-7-9-16(10-8-14)29(23,26)27/h2-10,12,21H,11,22H2,1H3,(H,24,25)(H2,23,26,27)/b19-17-,21-18?. The van der Waals surface area contributed by atoms with E-state index in [-0.39, 0.29) is 10.6 Å². The van der Waals surface area contributed by atoms with Gasteiger partial charge in [0, 0.05) is 17.4 Å². The lowest BCUT2D eigenvalue weighted by Gasteiger charge is -2.15. The highest BCUT2D eigenvalue weighted by atomic mass is 32.2. The first-order valence-corrected chi connectivity index (χ1v) is 11.1. The highest BCUT2D eigenvalue weighted by Gasteiger charge is 2.15. The molecule has 0 aliphatic rings. The van der Waals surface area contributed by atoms with Crippen molar-refractivity contribution in [2.24, 2.45) is 10.9 Å². The van der Waals surface area contributed by atoms with E-state index in [1.54, 1.807) is 12.1 Å². The van der Waals surface area contributed by atoms with Crippen LogP contribution in [0.1, 0.15) is 16.8 Å². The van der Waals surface area contributed by atoms with Crippen LogP contribution in [-0.4, -0.2) is 19.1 Å². The number of thiazole rings is 1. The zero-order valence-electron chi connectivity index (χ0n) is 15.7. The molecule has 1 aromatic heterocycles. The molecule has 7 nitrogen and oxygen atoms in total. The van der Waals surface area contributed by atoms with E-state index in [1.165, 1.54) is 23.5 Å². The first-order valence-electron chi connectivity index (χ1n) is 8.68. The summed E-state index contributed by atoms with van der Waals surface area (Å²) >= 11 is 1.43. The van der Waals surface area contributed by atoms with Crippen LogP contribution >= 0.6 is 11.3 Å². The van der Waals surface area contributed by atoms with Crippen molar-refractivity contribution in [3.05, 3.63) is 88.2 Å². The van der Waals surface area contributed by atoms with Crippen LogP contribution in [0, 0.1) is 12.3 Å². The molecular weight excluding hydrogens is 406 g/mol. The van der Waals surface area contributed by atoms with Crippen LogP contribution in [0.3, 0.4) is 0 Å². The number of rotatable bonds is 7. The lowest BCUT2D eigenvalue weighted by Crippen LogP contribution is -2.19. The van der Waals surface area contributed by atoms with E-state index >= 15 is 0 Å². The molecule has 0 spiro atoms. The molecule has 0 aliphatic heterocycles. The van der Waals surface area contributed by atoms with E-state index < -0.39 is 10.0 Å². The maximum absolute atomic E-state index is 11.5. The van der Waals surface area contributed by atoms with Crippen molar-refractivity contribution >= 4 is 32.2 Å². The quantitative estimate of drug-likeness (QED) is 0.430. The minimum atomic E-state index is -3.76. The molecular formula is C20H21N5O2S2. The van der Waals surface area contributed by atoms with E-state index in [1.807, 2.05) is 42.6 Å². The molecule has 0 saturated heterocycles. The Balaban J connectivity index is 1.96. The third-order valence-corrected chi connectivity index (χ3v) is 5.99. The van der Waals surface area contributed by atoms with Gasteiger partial charge in [-0.25, -0.2) is 18.5 Å². The Kier molecular flexibility index (Phi) is 6.12. The molecule has 3 aromatic rings. The Hall–Kier alpha value is -3.01. The maximum Gasteiger partial charge on any atom is 0.238 e. The summed E-state index contributed by atoms with van der Waals surface area (Å²) in [5.41, 5.74) is 9.58. The molecule has 6 N–H and O–H groups in total. The van der Waals surface area contributed by atoms with Gasteiger partial charge in [0.2, 0.25) is 10.0 Å². The van der Waals surface area contributed by atoms with Gasteiger partial charge in [-0.3, -0.25) is 5.41 Å². The van der Waals surface area contributed by atoms with Gasteiger partial charge in [-0.05, 0) is 30.2 Å². The molecule has 0 atom stereocenters. The van der Waals surface area contributed by atoms with Crippen LogP contribution in [0.2, 0.25) is 0 Å². The number of nitrogens with zero attached hydrogens (tertiary/aromatic N) is 1. The van der Waals surface area contributed by atoms with Gasteiger partial charge in [0.15, 0.2) is 5.13 Å². The second-order valence-electron chi connectivity index (χ2n) is 6.42. The number of nitrogens with two attached hydrogens (primary N) is 2. The molecule has 29 heavy (non-hydrogen) atoms. The zero-order valence-corrected chi connectivity index (χ0v) is 17.3. The zero-order chi connectivity index (χ0) is 21.0. The number of anilines is 1. The average Bonchev–Trinajstić information content (AvgIpc) is 3.10. The number of primary sulfonamides is 1. The smallest absolute Gasteiger partial charge is 0.238 e. The number of allylic oxidation sites excluding steroid dienone is 1. The van der Waals surface area contributed by atoms with Crippen molar-refractivity contribution in [1.82, 2.24) is 4.98 Å². The van der Waals surface area contributed by atoms with Crippen LogP contribution < -0.4 is 16.2 Å². The van der Waals surface area contributed by atoms with Crippen molar-refractivity contribution in [2.45, 2.75) is 18.2 Å². The minimum Gasteiger partial charge on any atom is -0.385 e. The Bertz CT molecular complexity index is 1150. The number of benzene rings is 2. The van der Waals surface area contributed by atoms with Crippen LogP contribution in [-0.2, 0) is 16.4 Å². The number of aromatic nitrogens is 1. The molecule has 0 aliphatic carbocycles. The van der Waals surface area contributed by atoms with Crippen molar-refractivity contribution in [1.29, 1.82) is 5.41 Å². The van der Waals surface area contributed by atoms with Crippen molar-refractivity contribution < 1.29 is 8.42 Å². The Morgan fingerprint density at radius 2 is 1.79 bits per heavy atom. The van der Waals surface area contributed by atoms with E-state index in [9.17, 15) is 8.42 Å². The second-order valence-corrected chi connectivity index (χ2v) is 8.84. The highest BCUT2D eigenvalue weighted by Crippen LogP contribution is 2.21. The predicted molar refractivity (Wildman–Crippen MR) is 116 cm³/mol. The van der Waals surface area contributed by atoms with Gasteiger partial charge in [0.1, 0.15) is 5.82 Å². The summed E-state index contributed by atoms with van der Waals surface area (Å²) in [6, 6.07) is 15.5. The molecule has 0 unspecified atom stereocenters. The maximum atomic E-state index is 11.5. The number of hydrogen-bond acceptors (Lipinski definition) is 7. The van der Waals surface area contributed by atoms with Gasteiger partial charge in [-0.2, -0.15) is 0 Å². The lowest BCUT2D eigenvalue weighted by molar-refractivity contribution is 0.598. The number of sulfonamides is 1. The molecule has 0 fully saturated rings. The summed E-state index contributed by atoms with van der Waals surface area (Å²) in [5, 5.41) is 19.5. The van der Waals surface area contributed by atoms with E-state index in [0.717, 1.165) is 16.8 Å². The minimum absolute atomic E-state index is 0.0364. The topological polar surface area (TPSA) is 135 Å². The molecule has 1 heterocycles. The number of nitrogens with one attached hydrogen (secondary N) is 2. The lowest BCUT2D eigenvalue weighted by atomic mass is 9.96. The summed E-state index contributed by atoms with van der Waals surface area (Å²) in [4.78, 5) is 4.39. The summed E-state index contributed by atoms with van der Waals surface area (Å²) in [5.74, 6) is 0.323. The van der Waals surface area contributed by atoms with Crippen LogP contribution in [0.5, 0.6) is 0 Å². The van der Waals surface area contributed by atoms with Gasteiger partial charge in [-0.15, -0.1) is 11.3 Å². The summed E-state index contributed by atoms with van der Waals surface area (Å²) < 4.78 is 22.9. The third-order valence-electron chi connectivity index (χ3n) is 4.18. The predicted octanol–water partition coefficient (Wildman–Crippen LogP) is 2.99. The first-order chi connectivity index (χ1) is 13.7. The second kappa shape index (κ2) is 8.56. The first kappa shape index (κ1) is 20.7. The molecule has 150 valence electrons. The fraction of sp³-hybridized carbons (Fsp3) is 0.100. The Labute approximate surface area is 173 Å². The number of aryl methyl sites for hydroxylation is 1. The summed E-state index contributed by atoms with van der Waals surface area (Å²) in [6.45, 7) is 1.89. The summed E-state index contributed by atoms with van der Waals surface area (Å²) in [7, 11) is -3.76. The molecule has 0 saturated carbocycles. The fourth-order valence-electron chi connectivity index (χ4n) is 2.70. The molecule has 9 heteroatoms. The van der Waals surface area contributed by atoms with E-state index in [4.69, 9.17) is 16.3 Å². The van der Waals surface area contributed by atoms with E-state index in [2.05, 4.69) is 10.3 Å². The van der Waals surface area contributed by atoms with Crippen molar-refractivity contribution in [2.75, 3.05) is 5.32 Å². The largest absolute Gasteiger partial charge is 0.385 e. The van der Waals surface area contributed by atoms with Crippen LogP contribution in [0.4, 0.5) is 5.13 Å². The van der Waals surface area contributed by atoms with Gasteiger partial charge in [0.05, 0.1) is 16.3 Å². The monoisotopic (exact) mass is 427 g/mol. The van der Waals surface area contributed by atoms with Gasteiger partial charge in [0.25, 0.3) is 0 Å². The van der Waals surface area contributed by atoms with Gasteiger partial charge in [-0.1, -0.05) is 42.5 Å². The molecule has 2 aromatic carbocycles. The van der Waals surface area contributed by atoms with Crippen molar-refractivity contribution in [3.63, 3.8) is 0 Å². The molecule has 3 rings (SSSR count). The highest BCUT2D eigenvalue weighted by molar-refractivity contribution is 7.89. The van der Waals surface area contributed by atoms with Crippen molar-refractivity contribution in [3.8, 4) is 0 Å². The van der Waals surface area contributed by atoms with Crippen LogP contribution in [0.15, 0.2) is 76.3 Å². The Morgan fingerprint density at radius 1 is 1.14 bits per heavy atom.